The van der Waals surface area contributed by atoms with E-state index in [4.69, 9.17) is 5.11 Å². The molecule has 6 nitrogen and oxygen atoms in total. The van der Waals surface area contributed by atoms with E-state index in [9.17, 15) is 9.59 Å². The monoisotopic (exact) mass is 271 g/mol. The zero-order chi connectivity index (χ0) is 14.5. The number of anilines is 1. The number of carboxylic acids is 1. The number of carbonyl (C=O) groups excluding carboxylic acids is 1. The smallest absolute Gasteiger partial charge is 0.328 e. The SMILES string of the molecule is Cc1c(C=CC(=O)O)cccc1C(=O)Nc1ncc[nH]1. The fourth-order valence-corrected chi connectivity index (χ4v) is 1.75. The number of imidazole rings is 1. The number of aromatic amines is 1. The van der Waals surface area contributed by atoms with E-state index in [2.05, 4.69) is 15.3 Å². The molecular formula is C14H13N3O3. The maximum atomic E-state index is 12.1. The predicted octanol–water partition coefficient (Wildman–Crippen LogP) is 2.07. The molecular weight excluding hydrogens is 258 g/mol. The lowest BCUT2D eigenvalue weighted by Crippen LogP contribution is -2.14. The van der Waals surface area contributed by atoms with Crippen molar-refractivity contribution in [3.05, 3.63) is 53.4 Å². The number of amides is 1. The Morgan fingerprint density at radius 3 is 2.85 bits per heavy atom. The number of nitrogens with one attached hydrogen (secondary N) is 2. The summed E-state index contributed by atoms with van der Waals surface area (Å²) in [4.78, 5) is 29.3. The van der Waals surface area contributed by atoms with Gasteiger partial charge < -0.3 is 10.1 Å². The van der Waals surface area contributed by atoms with Gasteiger partial charge >= 0.3 is 5.97 Å². The molecule has 3 N–H and O–H groups in total. The molecule has 1 aromatic heterocycles. The summed E-state index contributed by atoms with van der Waals surface area (Å²) in [5.74, 6) is -0.973. The second-order valence-corrected chi connectivity index (χ2v) is 4.08. The molecule has 0 spiro atoms. The molecule has 6 heteroatoms. The molecule has 0 saturated carbocycles. The minimum absolute atomic E-state index is 0.303. The van der Waals surface area contributed by atoms with Crippen LogP contribution in [0.25, 0.3) is 6.08 Å². The van der Waals surface area contributed by atoms with Crippen molar-refractivity contribution in [3.8, 4) is 0 Å². The highest BCUT2D eigenvalue weighted by atomic mass is 16.4. The molecule has 0 saturated heterocycles. The number of benzene rings is 1. The quantitative estimate of drug-likeness (QED) is 0.742. The second-order valence-electron chi connectivity index (χ2n) is 4.08. The van der Waals surface area contributed by atoms with E-state index in [0.717, 1.165) is 6.08 Å². The van der Waals surface area contributed by atoms with Gasteiger partial charge in [-0.1, -0.05) is 12.1 Å². The van der Waals surface area contributed by atoms with Crippen LogP contribution < -0.4 is 5.32 Å². The maximum Gasteiger partial charge on any atom is 0.328 e. The molecule has 2 rings (SSSR count). The van der Waals surface area contributed by atoms with Crippen LogP contribution in [-0.4, -0.2) is 27.0 Å². The summed E-state index contributed by atoms with van der Waals surface area (Å²) >= 11 is 0. The minimum Gasteiger partial charge on any atom is -0.478 e. The zero-order valence-corrected chi connectivity index (χ0v) is 10.8. The van der Waals surface area contributed by atoms with Crippen LogP contribution in [0.4, 0.5) is 5.95 Å². The standard InChI is InChI=1S/C14H13N3O3/c1-9-10(5-6-12(18)19)3-2-4-11(9)13(20)17-14-15-7-8-16-14/h2-8H,1H3,(H,18,19)(H2,15,16,17,20). The van der Waals surface area contributed by atoms with E-state index in [-0.39, 0.29) is 5.91 Å². The molecule has 1 aromatic carbocycles. The zero-order valence-electron chi connectivity index (χ0n) is 10.8. The number of carboxylic acid groups (broad SMARTS) is 1. The fourth-order valence-electron chi connectivity index (χ4n) is 1.75. The van der Waals surface area contributed by atoms with Gasteiger partial charge in [0.25, 0.3) is 5.91 Å². The van der Waals surface area contributed by atoms with E-state index >= 15 is 0 Å². The summed E-state index contributed by atoms with van der Waals surface area (Å²) in [6, 6.07) is 5.12. The number of hydrogen-bond acceptors (Lipinski definition) is 3. The molecule has 0 atom stereocenters. The molecule has 2 aromatic rings. The Kier molecular flexibility index (Phi) is 3.95. The summed E-state index contributed by atoms with van der Waals surface area (Å²) in [7, 11) is 0. The van der Waals surface area contributed by atoms with Crippen molar-refractivity contribution < 1.29 is 14.7 Å². The van der Waals surface area contributed by atoms with Crippen molar-refractivity contribution in [1.82, 2.24) is 9.97 Å². The molecule has 0 unspecified atom stereocenters. The normalized spacial score (nSPS) is 10.7. The average molecular weight is 271 g/mol. The first-order valence-corrected chi connectivity index (χ1v) is 5.89. The van der Waals surface area contributed by atoms with Gasteiger partial charge in [-0.05, 0) is 30.2 Å². The van der Waals surface area contributed by atoms with E-state index in [1.54, 1.807) is 31.3 Å². The van der Waals surface area contributed by atoms with Gasteiger partial charge in [0.05, 0.1) is 0 Å². The summed E-state index contributed by atoms with van der Waals surface area (Å²) in [5, 5.41) is 11.3. The number of aromatic nitrogens is 2. The van der Waals surface area contributed by atoms with Gasteiger partial charge in [0.2, 0.25) is 5.95 Å². The molecule has 102 valence electrons. The van der Waals surface area contributed by atoms with E-state index in [1.807, 2.05) is 0 Å². The third-order valence-electron chi connectivity index (χ3n) is 2.76. The third-order valence-corrected chi connectivity index (χ3v) is 2.76. The third kappa shape index (κ3) is 3.11. The van der Waals surface area contributed by atoms with E-state index in [1.165, 1.54) is 12.3 Å². The average Bonchev–Trinajstić information content (AvgIpc) is 2.90. The molecule has 0 radical (unpaired) electrons. The van der Waals surface area contributed by atoms with Gasteiger partial charge in [0.15, 0.2) is 0 Å². The first-order valence-electron chi connectivity index (χ1n) is 5.89. The van der Waals surface area contributed by atoms with Crippen molar-refractivity contribution in [2.75, 3.05) is 5.32 Å². The summed E-state index contributed by atoms with van der Waals surface area (Å²) in [6.07, 6.45) is 5.64. The summed E-state index contributed by atoms with van der Waals surface area (Å²) in [5.41, 5.74) is 1.85. The summed E-state index contributed by atoms with van der Waals surface area (Å²) < 4.78 is 0. The van der Waals surface area contributed by atoms with Crippen LogP contribution >= 0.6 is 0 Å². The molecule has 0 fully saturated rings. The highest BCUT2D eigenvalue weighted by Crippen LogP contribution is 2.16. The van der Waals surface area contributed by atoms with Gasteiger partial charge in [-0.15, -0.1) is 0 Å². The van der Waals surface area contributed by atoms with Crippen LogP contribution in [0.2, 0.25) is 0 Å². The van der Waals surface area contributed by atoms with Crippen molar-refractivity contribution in [2.45, 2.75) is 6.92 Å². The largest absolute Gasteiger partial charge is 0.478 e. The number of H-pyrrole nitrogens is 1. The van der Waals surface area contributed by atoms with Gasteiger partial charge in [-0.25, -0.2) is 9.78 Å². The highest BCUT2D eigenvalue weighted by molar-refractivity contribution is 6.05. The number of nitrogens with zero attached hydrogens (tertiary/aromatic N) is 1. The Morgan fingerprint density at radius 1 is 1.40 bits per heavy atom. The molecule has 0 aliphatic carbocycles. The Bertz CT molecular complexity index is 660. The Morgan fingerprint density at radius 2 is 2.20 bits per heavy atom. The van der Waals surface area contributed by atoms with Crippen LogP contribution in [-0.2, 0) is 4.79 Å². The topological polar surface area (TPSA) is 95.1 Å². The van der Waals surface area contributed by atoms with E-state index < -0.39 is 5.97 Å². The molecule has 20 heavy (non-hydrogen) atoms. The first-order chi connectivity index (χ1) is 9.58. The molecule has 1 heterocycles. The number of aliphatic carboxylic acids is 1. The predicted molar refractivity (Wildman–Crippen MR) is 74.4 cm³/mol. The fraction of sp³-hybridized carbons (Fsp3) is 0.0714. The van der Waals surface area contributed by atoms with Crippen LogP contribution in [0.15, 0.2) is 36.7 Å². The van der Waals surface area contributed by atoms with Gasteiger partial charge in [0, 0.05) is 24.0 Å². The van der Waals surface area contributed by atoms with Crippen molar-refractivity contribution in [2.24, 2.45) is 0 Å². The Hall–Kier alpha value is -2.89. The Labute approximate surface area is 115 Å². The molecule has 0 aliphatic rings. The minimum atomic E-state index is -1.03. The van der Waals surface area contributed by atoms with Crippen molar-refractivity contribution in [3.63, 3.8) is 0 Å². The lowest BCUT2D eigenvalue weighted by atomic mass is 10.0. The van der Waals surface area contributed by atoms with Gasteiger partial charge in [-0.2, -0.15) is 0 Å². The molecule has 1 amide bonds. The molecule has 0 aliphatic heterocycles. The van der Waals surface area contributed by atoms with Crippen LogP contribution in [0.3, 0.4) is 0 Å². The number of hydrogen-bond donors (Lipinski definition) is 3. The number of carbonyl (C=O) groups is 2. The first kappa shape index (κ1) is 13.5. The molecule has 0 bridgehead atoms. The van der Waals surface area contributed by atoms with Crippen molar-refractivity contribution in [1.29, 1.82) is 0 Å². The maximum absolute atomic E-state index is 12.1. The Balaban J connectivity index is 2.26. The lowest BCUT2D eigenvalue weighted by Gasteiger charge is -2.08. The van der Waals surface area contributed by atoms with Crippen molar-refractivity contribution >= 4 is 23.9 Å². The van der Waals surface area contributed by atoms with Gasteiger partial charge in [-0.3, -0.25) is 10.1 Å². The van der Waals surface area contributed by atoms with Crippen LogP contribution in [0.1, 0.15) is 21.5 Å². The lowest BCUT2D eigenvalue weighted by molar-refractivity contribution is -0.131. The van der Waals surface area contributed by atoms with E-state index in [0.29, 0.717) is 22.6 Å². The van der Waals surface area contributed by atoms with Crippen LogP contribution in [0, 0.1) is 6.92 Å². The second kappa shape index (κ2) is 5.83. The number of rotatable bonds is 4. The van der Waals surface area contributed by atoms with Gasteiger partial charge in [0.1, 0.15) is 0 Å². The summed E-state index contributed by atoms with van der Waals surface area (Å²) in [6.45, 7) is 1.76. The van der Waals surface area contributed by atoms with Crippen LogP contribution in [0.5, 0.6) is 0 Å². The highest BCUT2D eigenvalue weighted by Gasteiger charge is 2.11.